The number of methoxy groups -OCH3 is 1. The first-order valence-electron chi connectivity index (χ1n) is 5.91. The summed E-state index contributed by atoms with van der Waals surface area (Å²) in [6.45, 7) is 3.12. The van der Waals surface area contributed by atoms with Crippen LogP contribution in [0.2, 0.25) is 0 Å². The van der Waals surface area contributed by atoms with Crippen LogP contribution in [0.3, 0.4) is 0 Å². The number of alkyl halides is 3. The summed E-state index contributed by atoms with van der Waals surface area (Å²) in [7, 11) is 1.31. The number of aliphatic carboxylic acids is 1. The van der Waals surface area contributed by atoms with Gasteiger partial charge in [-0.1, -0.05) is 13.8 Å². The predicted octanol–water partition coefficient (Wildman–Crippen LogP) is 1.96. The number of amides is 1. The molecule has 0 bridgehead atoms. The molecule has 118 valence electrons. The van der Waals surface area contributed by atoms with Gasteiger partial charge in [-0.3, -0.25) is 9.59 Å². The molecule has 2 N–H and O–H groups in total. The fourth-order valence-electron chi connectivity index (χ4n) is 1.67. The first-order chi connectivity index (χ1) is 8.83. The van der Waals surface area contributed by atoms with Crippen LogP contribution < -0.4 is 5.32 Å². The lowest BCUT2D eigenvalue weighted by Gasteiger charge is -2.32. The maximum atomic E-state index is 12.7. The molecule has 0 aliphatic heterocycles. The summed E-state index contributed by atoms with van der Waals surface area (Å²) < 4.78 is 42.9. The molecular formula is C12H20F3NO4. The second kappa shape index (κ2) is 6.43. The third-order valence-electron chi connectivity index (χ3n) is 2.82. The van der Waals surface area contributed by atoms with E-state index in [1.807, 2.05) is 0 Å². The fourth-order valence-corrected chi connectivity index (χ4v) is 1.67. The SMILES string of the molecule is COCC(C)(CC(=O)O)NC(=O)CC(C)(C)C(F)(F)F. The highest BCUT2D eigenvalue weighted by atomic mass is 19.4. The number of rotatable bonds is 7. The molecule has 1 amide bonds. The molecule has 0 spiro atoms. The molecule has 0 heterocycles. The zero-order valence-electron chi connectivity index (χ0n) is 11.9. The summed E-state index contributed by atoms with van der Waals surface area (Å²) >= 11 is 0. The lowest BCUT2D eigenvalue weighted by Crippen LogP contribution is -2.52. The minimum absolute atomic E-state index is 0.114. The lowest BCUT2D eigenvalue weighted by atomic mass is 9.87. The molecule has 0 aliphatic rings. The van der Waals surface area contributed by atoms with E-state index < -0.39 is 41.8 Å². The van der Waals surface area contributed by atoms with Crippen molar-refractivity contribution in [2.75, 3.05) is 13.7 Å². The fraction of sp³-hybridized carbons (Fsp3) is 0.833. The molecule has 1 atom stereocenters. The molecular weight excluding hydrogens is 279 g/mol. The summed E-state index contributed by atoms with van der Waals surface area (Å²) in [4.78, 5) is 22.4. The van der Waals surface area contributed by atoms with Gasteiger partial charge in [0.2, 0.25) is 5.91 Å². The molecule has 0 aromatic heterocycles. The summed E-state index contributed by atoms with van der Waals surface area (Å²) in [5.74, 6) is -2.05. The number of hydrogen-bond donors (Lipinski definition) is 2. The van der Waals surface area contributed by atoms with Gasteiger partial charge in [0.05, 0.1) is 24.0 Å². The molecule has 0 saturated heterocycles. The minimum Gasteiger partial charge on any atom is -0.481 e. The van der Waals surface area contributed by atoms with Crippen molar-refractivity contribution in [2.45, 2.75) is 45.3 Å². The number of hydrogen-bond acceptors (Lipinski definition) is 3. The van der Waals surface area contributed by atoms with E-state index in [4.69, 9.17) is 9.84 Å². The summed E-state index contributed by atoms with van der Waals surface area (Å²) in [5.41, 5.74) is -3.44. The molecule has 5 nitrogen and oxygen atoms in total. The Kier molecular flexibility index (Phi) is 6.01. The highest BCUT2D eigenvalue weighted by Crippen LogP contribution is 2.40. The molecule has 1 unspecified atom stereocenters. The van der Waals surface area contributed by atoms with Crippen LogP contribution in [0.4, 0.5) is 13.2 Å². The smallest absolute Gasteiger partial charge is 0.394 e. The van der Waals surface area contributed by atoms with Crippen LogP contribution >= 0.6 is 0 Å². The van der Waals surface area contributed by atoms with Gasteiger partial charge >= 0.3 is 12.1 Å². The normalized spacial score (nSPS) is 15.6. The van der Waals surface area contributed by atoms with Gasteiger partial charge in [-0.25, -0.2) is 0 Å². The van der Waals surface area contributed by atoms with Crippen molar-refractivity contribution in [1.29, 1.82) is 0 Å². The molecule has 8 heteroatoms. The van der Waals surface area contributed by atoms with Crippen molar-refractivity contribution in [2.24, 2.45) is 5.41 Å². The van der Waals surface area contributed by atoms with Gasteiger partial charge in [-0.2, -0.15) is 13.2 Å². The van der Waals surface area contributed by atoms with Crippen LogP contribution in [0.5, 0.6) is 0 Å². The first kappa shape index (κ1) is 18.7. The zero-order valence-corrected chi connectivity index (χ0v) is 11.9. The highest BCUT2D eigenvalue weighted by molar-refractivity contribution is 5.79. The quantitative estimate of drug-likeness (QED) is 0.753. The zero-order chi connectivity index (χ0) is 16.2. The summed E-state index contributed by atoms with van der Waals surface area (Å²) in [6.07, 6.45) is -5.75. The average molecular weight is 299 g/mol. The molecule has 0 fully saturated rings. The number of halogens is 3. The van der Waals surface area contributed by atoms with Crippen LogP contribution in [0.25, 0.3) is 0 Å². The Balaban J connectivity index is 4.82. The third kappa shape index (κ3) is 5.77. The average Bonchev–Trinajstić information content (AvgIpc) is 2.11. The molecule has 20 heavy (non-hydrogen) atoms. The Bertz CT molecular complexity index is 368. The largest absolute Gasteiger partial charge is 0.481 e. The highest BCUT2D eigenvalue weighted by Gasteiger charge is 2.48. The minimum atomic E-state index is -4.52. The Morgan fingerprint density at radius 1 is 1.15 bits per heavy atom. The van der Waals surface area contributed by atoms with Gasteiger partial charge in [0.1, 0.15) is 0 Å². The summed E-state index contributed by atoms with van der Waals surface area (Å²) in [6, 6.07) is 0. The van der Waals surface area contributed by atoms with Crippen LogP contribution in [0.1, 0.15) is 33.6 Å². The van der Waals surface area contributed by atoms with E-state index in [9.17, 15) is 22.8 Å². The Morgan fingerprint density at radius 3 is 2.00 bits per heavy atom. The maximum absolute atomic E-state index is 12.7. The van der Waals surface area contributed by atoms with Gasteiger partial charge in [0.15, 0.2) is 0 Å². The monoisotopic (exact) mass is 299 g/mol. The van der Waals surface area contributed by atoms with Crippen molar-refractivity contribution < 1.29 is 32.6 Å². The van der Waals surface area contributed by atoms with Crippen molar-refractivity contribution in [3.63, 3.8) is 0 Å². The summed E-state index contributed by atoms with van der Waals surface area (Å²) in [5, 5.41) is 11.1. The molecule has 0 saturated carbocycles. The van der Waals surface area contributed by atoms with E-state index >= 15 is 0 Å². The van der Waals surface area contributed by atoms with E-state index in [1.165, 1.54) is 14.0 Å². The number of carboxylic acids is 1. The van der Waals surface area contributed by atoms with Crippen LogP contribution in [0, 0.1) is 5.41 Å². The number of nitrogens with one attached hydrogen (secondary N) is 1. The Morgan fingerprint density at radius 2 is 1.65 bits per heavy atom. The number of ether oxygens (including phenoxy) is 1. The predicted molar refractivity (Wildman–Crippen MR) is 65.1 cm³/mol. The first-order valence-corrected chi connectivity index (χ1v) is 5.91. The van der Waals surface area contributed by atoms with E-state index in [0.29, 0.717) is 0 Å². The Hall–Kier alpha value is -1.31. The van der Waals surface area contributed by atoms with Gasteiger partial charge in [0, 0.05) is 13.5 Å². The molecule has 0 aliphatic carbocycles. The van der Waals surface area contributed by atoms with Crippen LogP contribution in [-0.2, 0) is 14.3 Å². The molecule has 0 rings (SSSR count). The third-order valence-corrected chi connectivity index (χ3v) is 2.82. The topological polar surface area (TPSA) is 75.6 Å². The second-order valence-corrected chi connectivity index (χ2v) is 5.67. The van der Waals surface area contributed by atoms with Crippen LogP contribution in [-0.4, -0.2) is 42.4 Å². The van der Waals surface area contributed by atoms with Gasteiger partial charge in [-0.15, -0.1) is 0 Å². The van der Waals surface area contributed by atoms with Gasteiger partial charge in [-0.05, 0) is 6.92 Å². The Labute approximate surface area is 115 Å². The number of carbonyl (C=O) groups excluding carboxylic acids is 1. The lowest BCUT2D eigenvalue weighted by molar-refractivity contribution is -0.214. The standard InChI is InChI=1S/C12H20F3NO4/c1-10(2,12(13,14)15)5-8(17)16-11(3,7-20-4)6-9(18)19/h5-7H2,1-4H3,(H,16,17)(H,18,19). The van der Waals surface area contributed by atoms with Crippen LogP contribution in [0.15, 0.2) is 0 Å². The number of carboxylic acid groups (broad SMARTS) is 1. The van der Waals surface area contributed by atoms with E-state index in [0.717, 1.165) is 13.8 Å². The maximum Gasteiger partial charge on any atom is 0.394 e. The second-order valence-electron chi connectivity index (χ2n) is 5.67. The van der Waals surface area contributed by atoms with Gasteiger partial charge < -0.3 is 15.2 Å². The van der Waals surface area contributed by atoms with E-state index in [1.54, 1.807) is 0 Å². The number of carbonyl (C=O) groups is 2. The van der Waals surface area contributed by atoms with E-state index in [-0.39, 0.29) is 6.61 Å². The van der Waals surface area contributed by atoms with Gasteiger partial charge in [0.25, 0.3) is 0 Å². The molecule has 0 aromatic rings. The van der Waals surface area contributed by atoms with Crippen molar-refractivity contribution in [1.82, 2.24) is 5.32 Å². The van der Waals surface area contributed by atoms with E-state index in [2.05, 4.69) is 5.32 Å². The van der Waals surface area contributed by atoms with Crippen molar-refractivity contribution >= 4 is 11.9 Å². The molecule has 0 aromatic carbocycles. The molecule has 0 radical (unpaired) electrons. The van der Waals surface area contributed by atoms with Crippen molar-refractivity contribution in [3.8, 4) is 0 Å². The van der Waals surface area contributed by atoms with Crippen molar-refractivity contribution in [3.05, 3.63) is 0 Å².